The van der Waals surface area contributed by atoms with Crippen LogP contribution in [-0.4, -0.2) is 90.8 Å². The fourth-order valence-corrected chi connectivity index (χ4v) is 6.75. The summed E-state index contributed by atoms with van der Waals surface area (Å²) in [6.07, 6.45) is 1.91. The van der Waals surface area contributed by atoms with Gasteiger partial charge in [0.1, 0.15) is 24.0 Å². The Hall–Kier alpha value is -3.96. The number of imidazole rings is 1. The number of aliphatic hydroxyl groups excluding tert-OH is 3. The molecule has 222 valence electrons. The SMILES string of the molecule is O=CN(c1c[nH]nc1-c1nc(NC2CCCC2)c2ncn([C@@H]3O[C@H](CO)C(O)C3O)c2n1)S(=O)(=O)Cc1ccccc1. The summed E-state index contributed by atoms with van der Waals surface area (Å²) < 4.78 is 34.4. The van der Waals surface area contributed by atoms with Crippen LogP contribution in [0.5, 0.6) is 0 Å². The van der Waals surface area contributed by atoms with Crippen molar-refractivity contribution in [2.24, 2.45) is 0 Å². The molecule has 42 heavy (non-hydrogen) atoms. The number of benzene rings is 1. The van der Waals surface area contributed by atoms with Crippen LogP contribution in [0.25, 0.3) is 22.7 Å². The van der Waals surface area contributed by atoms with Crippen LogP contribution < -0.4 is 9.62 Å². The lowest BCUT2D eigenvalue weighted by atomic mass is 10.1. The quantitative estimate of drug-likeness (QED) is 0.160. The van der Waals surface area contributed by atoms with Crippen molar-refractivity contribution in [2.75, 3.05) is 16.2 Å². The Balaban J connectivity index is 1.44. The van der Waals surface area contributed by atoms with E-state index in [-0.39, 0.29) is 35.3 Å². The molecule has 4 heterocycles. The summed E-state index contributed by atoms with van der Waals surface area (Å²) in [5.41, 5.74) is 0.964. The Bertz CT molecular complexity index is 1670. The zero-order valence-electron chi connectivity index (χ0n) is 22.3. The highest BCUT2D eigenvalue weighted by Gasteiger charge is 2.44. The number of hydrogen-bond donors (Lipinski definition) is 5. The molecular formula is C26H30N8O7S. The number of ether oxygens (including phenoxy) is 1. The van der Waals surface area contributed by atoms with E-state index in [0.29, 0.717) is 21.2 Å². The second-order valence-electron chi connectivity index (χ2n) is 10.3. The lowest BCUT2D eigenvalue weighted by molar-refractivity contribution is -0.106. The van der Waals surface area contributed by atoms with Gasteiger partial charge in [0.05, 0.1) is 18.7 Å². The van der Waals surface area contributed by atoms with Gasteiger partial charge in [0.15, 0.2) is 34.7 Å². The number of aromatic amines is 1. The van der Waals surface area contributed by atoms with Crippen LogP contribution in [0.15, 0.2) is 42.9 Å². The van der Waals surface area contributed by atoms with E-state index in [9.17, 15) is 28.5 Å². The first kappa shape index (κ1) is 28.2. The fraction of sp³-hybridized carbons (Fsp3) is 0.423. The number of H-pyrrole nitrogens is 1. The van der Waals surface area contributed by atoms with E-state index < -0.39 is 46.9 Å². The standard InChI is InChI=1S/C26H30N8O7S/c35-11-18-21(37)22(38)26(41-18)33-13-27-20-24(29-16-8-4-5-9-16)30-23(31-25(20)33)19-17(10-28-32-19)34(14-36)42(39,40)12-15-6-2-1-3-7-15/h1-3,6-7,10,13-14,16,18,21-22,26,35,37-38H,4-5,8-9,11-12H2,(H,28,32)(H,29,30,31)/t18-,21?,22?,26-/m1/s1. The van der Waals surface area contributed by atoms with Gasteiger partial charge < -0.3 is 25.4 Å². The van der Waals surface area contributed by atoms with Crippen LogP contribution >= 0.6 is 0 Å². The fourth-order valence-electron chi connectivity index (χ4n) is 5.43. The minimum atomic E-state index is -4.17. The first-order chi connectivity index (χ1) is 20.3. The van der Waals surface area contributed by atoms with Gasteiger partial charge in [-0.05, 0) is 18.4 Å². The molecule has 2 unspecified atom stereocenters. The zero-order chi connectivity index (χ0) is 29.4. The Labute approximate surface area is 240 Å². The predicted molar refractivity (Wildman–Crippen MR) is 149 cm³/mol. The molecule has 4 atom stereocenters. The van der Waals surface area contributed by atoms with Gasteiger partial charge in [-0.25, -0.2) is 27.7 Å². The predicted octanol–water partition coefficient (Wildman–Crippen LogP) is 0.675. The van der Waals surface area contributed by atoms with Crippen molar-refractivity contribution in [2.45, 2.75) is 62.0 Å². The smallest absolute Gasteiger partial charge is 0.245 e. The lowest BCUT2D eigenvalue weighted by Crippen LogP contribution is -2.33. The van der Waals surface area contributed by atoms with Gasteiger partial charge in [-0.15, -0.1) is 0 Å². The molecule has 1 aliphatic carbocycles. The molecule has 6 rings (SSSR count). The molecule has 4 aromatic rings. The van der Waals surface area contributed by atoms with Crippen LogP contribution in [0.4, 0.5) is 11.5 Å². The first-order valence-electron chi connectivity index (χ1n) is 13.5. The van der Waals surface area contributed by atoms with Crippen LogP contribution in [-0.2, 0) is 25.3 Å². The maximum atomic E-state index is 13.3. The number of carbonyl (C=O) groups excluding carboxylic acids is 1. The molecule has 0 spiro atoms. The van der Waals surface area contributed by atoms with Crippen LogP contribution in [0.2, 0.25) is 0 Å². The molecule has 1 saturated heterocycles. The number of hydrogen-bond acceptors (Lipinski definition) is 12. The molecule has 0 bridgehead atoms. The molecule has 1 saturated carbocycles. The third-order valence-corrected chi connectivity index (χ3v) is 9.15. The van der Waals surface area contributed by atoms with E-state index >= 15 is 0 Å². The highest BCUT2D eigenvalue weighted by atomic mass is 32.2. The monoisotopic (exact) mass is 598 g/mol. The molecule has 1 amide bonds. The van der Waals surface area contributed by atoms with E-state index in [1.165, 1.54) is 17.1 Å². The lowest BCUT2D eigenvalue weighted by Gasteiger charge is -2.19. The molecule has 15 nitrogen and oxygen atoms in total. The van der Waals surface area contributed by atoms with Gasteiger partial charge in [-0.3, -0.25) is 14.5 Å². The number of fused-ring (bicyclic) bond motifs is 1. The number of nitrogens with zero attached hydrogens (tertiary/aromatic N) is 6. The van der Waals surface area contributed by atoms with E-state index in [0.717, 1.165) is 25.7 Å². The van der Waals surface area contributed by atoms with Crippen LogP contribution in [0, 0.1) is 0 Å². The minimum absolute atomic E-state index is 0.0102. The average molecular weight is 599 g/mol. The molecule has 3 aromatic heterocycles. The summed E-state index contributed by atoms with van der Waals surface area (Å²) in [6.45, 7) is -0.508. The summed E-state index contributed by atoms with van der Waals surface area (Å²) in [7, 11) is -4.17. The van der Waals surface area contributed by atoms with Crippen molar-refractivity contribution in [3.8, 4) is 11.5 Å². The molecule has 2 fully saturated rings. The van der Waals surface area contributed by atoms with E-state index in [2.05, 4.69) is 30.5 Å². The number of nitrogens with one attached hydrogen (secondary N) is 2. The van der Waals surface area contributed by atoms with Crippen molar-refractivity contribution in [1.82, 2.24) is 29.7 Å². The maximum Gasteiger partial charge on any atom is 0.245 e. The van der Waals surface area contributed by atoms with Gasteiger partial charge >= 0.3 is 0 Å². The molecule has 1 aromatic carbocycles. The summed E-state index contributed by atoms with van der Waals surface area (Å²) in [6, 6.07) is 8.58. The second kappa shape index (κ2) is 11.4. The summed E-state index contributed by atoms with van der Waals surface area (Å²) in [5, 5.41) is 40.8. The Kier molecular flexibility index (Phi) is 7.63. The van der Waals surface area contributed by atoms with Gasteiger partial charge in [-0.1, -0.05) is 43.2 Å². The summed E-state index contributed by atoms with van der Waals surface area (Å²) in [4.78, 5) is 25.9. The number of aromatic nitrogens is 6. The van der Waals surface area contributed by atoms with Crippen molar-refractivity contribution in [3.63, 3.8) is 0 Å². The third-order valence-electron chi connectivity index (χ3n) is 7.57. The Morgan fingerprint density at radius 3 is 2.60 bits per heavy atom. The van der Waals surface area contributed by atoms with Gasteiger partial charge in [0, 0.05) is 12.2 Å². The Morgan fingerprint density at radius 1 is 1.14 bits per heavy atom. The first-order valence-corrected chi connectivity index (χ1v) is 15.1. The maximum absolute atomic E-state index is 13.3. The second-order valence-corrected chi connectivity index (χ2v) is 12.2. The number of sulfonamides is 1. The average Bonchev–Trinajstić information content (AvgIpc) is 3.78. The highest BCUT2D eigenvalue weighted by Crippen LogP contribution is 2.36. The number of carbonyl (C=O) groups is 1. The van der Waals surface area contributed by atoms with E-state index in [1.54, 1.807) is 30.3 Å². The van der Waals surface area contributed by atoms with Gasteiger partial charge in [0.2, 0.25) is 16.4 Å². The normalized spacial score (nSPS) is 23.0. The minimum Gasteiger partial charge on any atom is -0.394 e. The molecule has 1 aliphatic heterocycles. The van der Waals surface area contributed by atoms with Crippen molar-refractivity contribution in [3.05, 3.63) is 48.4 Å². The van der Waals surface area contributed by atoms with Crippen LogP contribution in [0.1, 0.15) is 37.5 Å². The molecule has 16 heteroatoms. The largest absolute Gasteiger partial charge is 0.394 e. The molecule has 0 radical (unpaired) electrons. The Morgan fingerprint density at radius 2 is 1.90 bits per heavy atom. The number of amides is 1. The molecule has 2 aliphatic rings. The van der Waals surface area contributed by atoms with Crippen LogP contribution in [0.3, 0.4) is 0 Å². The summed E-state index contributed by atoms with van der Waals surface area (Å²) in [5.74, 6) is -0.0931. The van der Waals surface area contributed by atoms with Gasteiger partial charge in [0.25, 0.3) is 0 Å². The number of aliphatic hydroxyl groups is 3. The van der Waals surface area contributed by atoms with Crippen molar-refractivity contribution >= 4 is 39.1 Å². The highest BCUT2D eigenvalue weighted by molar-refractivity contribution is 7.92. The van der Waals surface area contributed by atoms with Crippen molar-refractivity contribution in [1.29, 1.82) is 0 Å². The number of rotatable bonds is 10. The van der Waals surface area contributed by atoms with E-state index in [1.807, 2.05) is 0 Å². The van der Waals surface area contributed by atoms with E-state index in [4.69, 9.17) is 4.74 Å². The molecule has 5 N–H and O–H groups in total. The van der Waals surface area contributed by atoms with Gasteiger partial charge in [-0.2, -0.15) is 5.10 Å². The number of anilines is 2. The molecular weight excluding hydrogens is 568 g/mol. The zero-order valence-corrected chi connectivity index (χ0v) is 23.1. The third kappa shape index (κ3) is 5.11. The van der Waals surface area contributed by atoms with Crippen molar-refractivity contribution < 1.29 is 33.3 Å². The summed E-state index contributed by atoms with van der Waals surface area (Å²) >= 11 is 0. The topological polar surface area (TPSA) is 209 Å².